The smallest absolute Gasteiger partial charge is 0.123 e. The Balaban J connectivity index is 1.82. The highest BCUT2D eigenvalue weighted by atomic mass is 16.5. The first-order valence-electron chi connectivity index (χ1n) is 8.29. The van der Waals surface area contributed by atoms with Gasteiger partial charge in [0.15, 0.2) is 0 Å². The highest BCUT2D eigenvalue weighted by molar-refractivity contribution is 5.36. The van der Waals surface area contributed by atoms with Gasteiger partial charge < -0.3 is 10.1 Å². The third kappa shape index (κ3) is 5.01. The zero-order valence-corrected chi connectivity index (χ0v) is 13.8. The quantitative estimate of drug-likeness (QED) is 0.780. The summed E-state index contributed by atoms with van der Waals surface area (Å²) in [7, 11) is 1.76. The van der Waals surface area contributed by atoms with E-state index >= 15 is 0 Å². The van der Waals surface area contributed by atoms with E-state index in [1.807, 2.05) is 0 Å². The Morgan fingerprint density at radius 2 is 2.05 bits per heavy atom. The van der Waals surface area contributed by atoms with Crippen LogP contribution in [0.3, 0.4) is 0 Å². The highest BCUT2D eigenvalue weighted by Crippen LogP contribution is 2.24. The first kappa shape index (κ1) is 16.3. The Morgan fingerprint density at radius 1 is 1.29 bits per heavy atom. The number of methoxy groups -OCH3 is 1. The number of ether oxygens (including phenoxy) is 1. The molecule has 0 atom stereocenters. The molecule has 1 saturated heterocycles. The van der Waals surface area contributed by atoms with Gasteiger partial charge in [0.2, 0.25) is 0 Å². The molecule has 2 rings (SSSR count). The molecule has 21 heavy (non-hydrogen) atoms. The lowest BCUT2D eigenvalue weighted by atomic mass is 9.96. The van der Waals surface area contributed by atoms with Crippen molar-refractivity contribution in [1.29, 1.82) is 0 Å². The second kappa shape index (κ2) is 8.40. The number of nitrogens with one attached hydrogen (secondary N) is 1. The number of aryl methyl sites for hydroxylation is 1. The van der Waals surface area contributed by atoms with Crippen LogP contribution in [0.5, 0.6) is 5.75 Å². The van der Waals surface area contributed by atoms with Crippen molar-refractivity contribution >= 4 is 0 Å². The molecule has 0 radical (unpaired) electrons. The average Bonchev–Trinajstić information content (AvgIpc) is 2.50. The van der Waals surface area contributed by atoms with Gasteiger partial charge in [-0.1, -0.05) is 24.6 Å². The zero-order chi connectivity index (χ0) is 15.1. The Bertz CT molecular complexity index is 425. The third-order valence-corrected chi connectivity index (χ3v) is 4.40. The summed E-state index contributed by atoms with van der Waals surface area (Å²) >= 11 is 0. The van der Waals surface area contributed by atoms with Crippen molar-refractivity contribution < 1.29 is 4.74 Å². The Kier molecular flexibility index (Phi) is 6.52. The number of nitrogens with zero attached hydrogens (tertiary/aromatic N) is 1. The molecular formula is C18H30N2O. The minimum Gasteiger partial charge on any atom is -0.496 e. The molecule has 1 heterocycles. The number of hydrogen-bond donors (Lipinski definition) is 1. The second-order valence-corrected chi connectivity index (χ2v) is 6.24. The van der Waals surface area contributed by atoms with Crippen LogP contribution >= 0.6 is 0 Å². The second-order valence-electron chi connectivity index (χ2n) is 6.24. The van der Waals surface area contributed by atoms with Crippen molar-refractivity contribution in [2.75, 3.05) is 33.3 Å². The molecule has 3 heteroatoms. The molecule has 1 aromatic carbocycles. The molecular weight excluding hydrogens is 260 g/mol. The van der Waals surface area contributed by atoms with Gasteiger partial charge in [0.1, 0.15) is 5.75 Å². The van der Waals surface area contributed by atoms with Crippen LogP contribution in [0.25, 0.3) is 0 Å². The molecule has 0 aromatic heterocycles. The van der Waals surface area contributed by atoms with Crippen LogP contribution < -0.4 is 10.1 Å². The molecule has 0 saturated carbocycles. The van der Waals surface area contributed by atoms with Gasteiger partial charge in [-0.05, 0) is 64.3 Å². The molecule has 0 bridgehead atoms. The minimum absolute atomic E-state index is 0.854. The van der Waals surface area contributed by atoms with E-state index in [0.29, 0.717) is 0 Å². The topological polar surface area (TPSA) is 24.5 Å². The van der Waals surface area contributed by atoms with Crippen molar-refractivity contribution in [2.45, 2.75) is 39.7 Å². The Labute approximate surface area is 129 Å². The fourth-order valence-electron chi connectivity index (χ4n) is 3.10. The van der Waals surface area contributed by atoms with Crippen molar-refractivity contribution in [3.05, 3.63) is 29.3 Å². The summed E-state index contributed by atoms with van der Waals surface area (Å²) in [5, 5.41) is 3.56. The average molecular weight is 290 g/mol. The number of hydrogen-bond acceptors (Lipinski definition) is 3. The molecule has 1 fully saturated rings. The Hall–Kier alpha value is -1.06. The van der Waals surface area contributed by atoms with Gasteiger partial charge >= 0.3 is 0 Å². The SMILES string of the molecule is CCCNCC1CCN(Cc2cc(C)ccc2OC)CC1. The molecule has 0 unspecified atom stereocenters. The predicted octanol–water partition coefficient (Wildman–Crippen LogP) is 3.22. The van der Waals surface area contributed by atoms with Crippen molar-refractivity contribution in [1.82, 2.24) is 10.2 Å². The zero-order valence-electron chi connectivity index (χ0n) is 13.8. The van der Waals surface area contributed by atoms with E-state index in [4.69, 9.17) is 4.74 Å². The molecule has 3 nitrogen and oxygen atoms in total. The minimum atomic E-state index is 0.854. The summed E-state index contributed by atoms with van der Waals surface area (Å²) in [4.78, 5) is 2.56. The number of benzene rings is 1. The van der Waals surface area contributed by atoms with E-state index in [2.05, 4.69) is 42.3 Å². The summed E-state index contributed by atoms with van der Waals surface area (Å²) in [5.41, 5.74) is 2.63. The maximum Gasteiger partial charge on any atom is 0.123 e. The lowest BCUT2D eigenvalue weighted by molar-refractivity contribution is 0.174. The fraction of sp³-hybridized carbons (Fsp3) is 0.667. The first-order chi connectivity index (χ1) is 10.2. The molecule has 1 aliphatic heterocycles. The van der Waals surface area contributed by atoms with Crippen LogP contribution in [0.15, 0.2) is 18.2 Å². The van der Waals surface area contributed by atoms with Crippen LogP contribution in [0.2, 0.25) is 0 Å². The number of likely N-dealkylation sites (tertiary alicyclic amines) is 1. The van der Waals surface area contributed by atoms with Crippen LogP contribution in [0.4, 0.5) is 0 Å². The van der Waals surface area contributed by atoms with E-state index in [9.17, 15) is 0 Å². The predicted molar refractivity (Wildman–Crippen MR) is 88.9 cm³/mol. The van der Waals surface area contributed by atoms with Gasteiger partial charge in [0.25, 0.3) is 0 Å². The summed E-state index contributed by atoms with van der Waals surface area (Å²) in [6.45, 7) is 10.1. The molecule has 0 aliphatic carbocycles. The molecule has 1 aliphatic rings. The van der Waals surface area contributed by atoms with Crippen molar-refractivity contribution in [3.8, 4) is 5.75 Å². The normalized spacial score (nSPS) is 17.1. The van der Waals surface area contributed by atoms with Gasteiger partial charge in [-0.15, -0.1) is 0 Å². The van der Waals surface area contributed by atoms with Gasteiger partial charge in [0.05, 0.1) is 7.11 Å². The highest BCUT2D eigenvalue weighted by Gasteiger charge is 2.19. The maximum absolute atomic E-state index is 5.49. The first-order valence-corrected chi connectivity index (χ1v) is 8.29. The largest absolute Gasteiger partial charge is 0.496 e. The lowest BCUT2D eigenvalue weighted by Crippen LogP contribution is -2.37. The van der Waals surface area contributed by atoms with Gasteiger partial charge in [-0.2, -0.15) is 0 Å². The van der Waals surface area contributed by atoms with E-state index in [1.165, 1.54) is 50.0 Å². The number of piperidine rings is 1. The van der Waals surface area contributed by atoms with E-state index < -0.39 is 0 Å². The molecule has 118 valence electrons. The molecule has 1 aromatic rings. The van der Waals surface area contributed by atoms with Gasteiger partial charge in [0, 0.05) is 12.1 Å². The lowest BCUT2D eigenvalue weighted by Gasteiger charge is -2.32. The summed E-state index contributed by atoms with van der Waals surface area (Å²) in [6, 6.07) is 6.47. The summed E-state index contributed by atoms with van der Waals surface area (Å²) < 4.78 is 5.49. The molecule has 0 spiro atoms. The summed E-state index contributed by atoms with van der Waals surface area (Å²) in [5.74, 6) is 1.87. The number of rotatable bonds is 7. The monoisotopic (exact) mass is 290 g/mol. The van der Waals surface area contributed by atoms with Crippen LogP contribution in [0, 0.1) is 12.8 Å². The fourth-order valence-corrected chi connectivity index (χ4v) is 3.10. The van der Waals surface area contributed by atoms with E-state index in [0.717, 1.165) is 24.8 Å². The van der Waals surface area contributed by atoms with Crippen molar-refractivity contribution in [3.63, 3.8) is 0 Å². The van der Waals surface area contributed by atoms with E-state index in [1.54, 1.807) is 7.11 Å². The molecule has 0 amide bonds. The van der Waals surface area contributed by atoms with Crippen molar-refractivity contribution in [2.24, 2.45) is 5.92 Å². The summed E-state index contributed by atoms with van der Waals surface area (Å²) in [6.07, 6.45) is 3.85. The standard InChI is InChI=1S/C18H30N2O/c1-4-9-19-13-16-7-10-20(11-8-16)14-17-12-15(2)5-6-18(17)21-3/h5-6,12,16,19H,4,7-11,13-14H2,1-3H3. The van der Waals surface area contributed by atoms with Crippen LogP contribution in [0.1, 0.15) is 37.3 Å². The van der Waals surface area contributed by atoms with Gasteiger partial charge in [-0.3, -0.25) is 4.90 Å². The van der Waals surface area contributed by atoms with Crippen LogP contribution in [-0.2, 0) is 6.54 Å². The Morgan fingerprint density at radius 3 is 2.71 bits per heavy atom. The van der Waals surface area contributed by atoms with Crippen LogP contribution in [-0.4, -0.2) is 38.2 Å². The van der Waals surface area contributed by atoms with Gasteiger partial charge in [-0.25, -0.2) is 0 Å². The maximum atomic E-state index is 5.49. The van der Waals surface area contributed by atoms with E-state index in [-0.39, 0.29) is 0 Å². The molecule has 1 N–H and O–H groups in total. The third-order valence-electron chi connectivity index (χ3n) is 4.40.